The summed E-state index contributed by atoms with van der Waals surface area (Å²) < 4.78 is 16.7. The van der Waals surface area contributed by atoms with Crippen LogP contribution >= 0.6 is 0 Å². The normalized spacial score (nSPS) is 12.5. The lowest BCUT2D eigenvalue weighted by molar-refractivity contribution is -0.167. The number of rotatable bonds is 42. The minimum absolute atomic E-state index is 0.0933. The van der Waals surface area contributed by atoms with E-state index in [1.54, 1.807) is 0 Å². The minimum atomic E-state index is -0.790. The molecule has 6 nitrogen and oxygen atoms in total. The van der Waals surface area contributed by atoms with E-state index in [0.717, 1.165) is 103 Å². The number of hydrogen-bond acceptors (Lipinski definition) is 6. The third-order valence-corrected chi connectivity index (χ3v) is 10.0. The van der Waals surface area contributed by atoms with Crippen LogP contribution in [-0.2, 0) is 28.6 Å². The highest BCUT2D eigenvalue weighted by molar-refractivity contribution is 5.71. The molecule has 0 saturated heterocycles. The van der Waals surface area contributed by atoms with Crippen LogP contribution < -0.4 is 0 Å². The Bertz CT molecular complexity index is 1050. The van der Waals surface area contributed by atoms with E-state index < -0.39 is 6.10 Å². The van der Waals surface area contributed by atoms with Crippen molar-refractivity contribution < 1.29 is 28.6 Å². The maximum Gasteiger partial charge on any atom is 0.306 e. The Labute approximate surface area is 351 Å². The summed E-state index contributed by atoms with van der Waals surface area (Å²) in [6.45, 7) is 6.42. The second-order valence-electron chi connectivity index (χ2n) is 15.7. The van der Waals surface area contributed by atoms with Crippen LogP contribution in [0.25, 0.3) is 0 Å². The monoisotopic (exact) mass is 797 g/mol. The van der Waals surface area contributed by atoms with Gasteiger partial charge < -0.3 is 14.2 Å². The van der Waals surface area contributed by atoms with Crippen molar-refractivity contribution in [3.63, 3.8) is 0 Å². The van der Waals surface area contributed by atoms with E-state index in [1.165, 1.54) is 83.5 Å². The van der Waals surface area contributed by atoms with Crippen molar-refractivity contribution in [2.45, 2.75) is 232 Å². The number of carbonyl (C=O) groups is 3. The van der Waals surface area contributed by atoms with Crippen LogP contribution in [0.5, 0.6) is 0 Å². The molecule has 328 valence electrons. The van der Waals surface area contributed by atoms with Crippen LogP contribution in [0.3, 0.4) is 0 Å². The van der Waals surface area contributed by atoms with Crippen molar-refractivity contribution in [1.82, 2.24) is 0 Å². The standard InChI is InChI=1S/C51H88O6/c1-4-7-10-13-16-19-22-24-26-29-32-35-38-41-44-50(53)56-47-48(46-55-49(52)43-40-37-34-31-28-21-18-15-12-9-6-3)57-51(54)45-42-39-36-33-30-27-25-23-20-17-14-11-8-5-2/h7,10,15-16,18-19,21,24,26,28,48H,4-6,8-9,11-14,17,20,22-23,25,27,29-47H2,1-3H3/b10-7-,18-15-,19-16-,26-24-,28-21-. The van der Waals surface area contributed by atoms with Crippen LogP contribution in [-0.4, -0.2) is 37.2 Å². The molecule has 0 N–H and O–H groups in total. The van der Waals surface area contributed by atoms with Crippen LogP contribution in [0.4, 0.5) is 0 Å². The Morgan fingerprint density at radius 1 is 0.386 bits per heavy atom. The highest BCUT2D eigenvalue weighted by Gasteiger charge is 2.19. The molecule has 0 aromatic rings. The van der Waals surface area contributed by atoms with Gasteiger partial charge in [0.05, 0.1) is 0 Å². The van der Waals surface area contributed by atoms with E-state index in [-0.39, 0.29) is 31.1 Å². The lowest BCUT2D eigenvalue weighted by Crippen LogP contribution is -2.30. The van der Waals surface area contributed by atoms with Gasteiger partial charge in [-0.2, -0.15) is 0 Å². The molecule has 6 heteroatoms. The van der Waals surface area contributed by atoms with E-state index in [1.807, 2.05) is 0 Å². The van der Waals surface area contributed by atoms with Crippen LogP contribution in [0.1, 0.15) is 226 Å². The van der Waals surface area contributed by atoms with Gasteiger partial charge >= 0.3 is 17.9 Å². The van der Waals surface area contributed by atoms with Crippen molar-refractivity contribution in [2.24, 2.45) is 0 Å². The van der Waals surface area contributed by atoms with Gasteiger partial charge in [-0.3, -0.25) is 14.4 Å². The average molecular weight is 797 g/mol. The summed E-state index contributed by atoms with van der Waals surface area (Å²) in [5.74, 6) is -0.941. The molecule has 0 rings (SSSR count). The number of ether oxygens (including phenoxy) is 3. The SMILES string of the molecule is CC/C=C\C/C=C\C/C=C\CCCCCCC(=O)OCC(COC(=O)CCCCC/C=C\C=C/CCCC)OC(=O)CCCCCCCCCCCCCCCC. The van der Waals surface area contributed by atoms with Crippen molar-refractivity contribution in [1.29, 1.82) is 0 Å². The fourth-order valence-corrected chi connectivity index (χ4v) is 6.43. The summed E-state index contributed by atoms with van der Waals surface area (Å²) in [7, 11) is 0. The van der Waals surface area contributed by atoms with Gasteiger partial charge in [-0.15, -0.1) is 0 Å². The fourth-order valence-electron chi connectivity index (χ4n) is 6.43. The summed E-state index contributed by atoms with van der Waals surface area (Å²) in [6, 6.07) is 0. The Hall–Kier alpha value is -2.89. The number of carbonyl (C=O) groups excluding carboxylic acids is 3. The van der Waals surface area contributed by atoms with Gasteiger partial charge in [0, 0.05) is 19.3 Å². The van der Waals surface area contributed by atoms with Crippen LogP contribution in [0.2, 0.25) is 0 Å². The van der Waals surface area contributed by atoms with Gasteiger partial charge in [0.25, 0.3) is 0 Å². The van der Waals surface area contributed by atoms with Gasteiger partial charge in [-0.1, -0.05) is 197 Å². The molecule has 57 heavy (non-hydrogen) atoms. The van der Waals surface area contributed by atoms with Gasteiger partial charge in [-0.05, 0) is 70.6 Å². The highest BCUT2D eigenvalue weighted by Crippen LogP contribution is 2.15. The summed E-state index contributed by atoms with van der Waals surface area (Å²) >= 11 is 0. The molecule has 0 aromatic carbocycles. The van der Waals surface area contributed by atoms with E-state index in [9.17, 15) is 14.4 Å². The van der Waals surface area contributed by atoms with E-state index in [2.05, 4.69) is 81.5 Å². The first kappa shape index (κ1) is 54.1. The van der Waals surface area contributed by atoms with Crippen molar-refractivity contribution in [3.8, 4) is 0 Å². The van der Waals surface area contributed by atoms with Gasteiger partial charge in [0.2, 0.25) is 0 Å². The van der Waals surface area contributed by atoms with Gasteiger partial charge in [0.1, 0.15) is 13.2 Å². The number of esters is 3. The van der Waals surface area contributed by atoms with Gasteiger partial charge in [0.15, 0.2) is 6.10 Å². The lowest BCUT2D eigenvalue weighted by Gasteiger charge is -2.18. The first-order valence-corrected chi connectivity index (χ1v) is 23.8. The molecule has 1 unspecified atom stereocenters. The Balaban J connectivity index is 4.43. The maximum absolute atomic E-state index is 12.7. The molecule has 0 aliphatic heterocycles. The molecule has 0 aliphatic carbocycles. The molecule has 0 saturated carbocycles. The molecule has 0 radical (unpaired) electrons. The molecule has 1 atom stereocenters. The number of allylic oxidation sites excluding steroid dienone is 10. The largest absolute Gasteiger partial charge is 0.462 e. The topological polar surface area (TPSA) is 78.9 Å². The number of hydrogen-bond donors (Lipinski definition) is 0. The smallest absolute Gasteiger partial charge is 0.306 e. The molecule has 0 amide bonds. The molecule has 0 bridgehead atoms. The first-order chi connectivity index (χ1) is 28.0. The minimum Gasteiger partial charge on any atom is -0.462 e. The number of unbranched alkanes of at least 4 members (excludes halogenated alkanes) is 22. The van der Waals surface area contributed by atoms with E-state index in [0.29, 0.717) is 19.3 Å². The Kier molecular flexibility index (Phi) is 43.5. The van der Waals surface area contributed by atoms with Crippen LogP contribution in [0, 0.1) is 0 Å². The zero-order chi connectivity index (χ0) is 41.5. The zero-order valence-electron chi connectivity index (χ0n) is 37.3. The molecular weight excluding hydrogens is 709 g/mol. The van der Waals surface area contributed by atoms with Crippen molar-refractivity contribution in [2.75, 3.05) is 13.2 Å². The van der Waals surface area contributed by atoms with Gasteiger partial charge in [-0.25, -0.2) is 0 Å². The summed E-state index contributed by atoms with van der Waals surface area (Å²) in [5, 5.41) is 0. The predicted molar refractivity (Wildman–Crippen MR) is 242 cm³/mol. The summed E-state index contributed by atoms with van der Waals surface area (Å²) in [4.78, 5) is 37.8. The molecular formula is C51H88O6. The second kappa shape index (κ2) is 45.8. The van der Waals surface area contributed by atoms with Crippen molar-refractivity contribution in [3.05, 3.63) is 60.8 Å². The van der Waals surface area contributed by atoms with Crippen LogP contribution in [0.15, 0.2) is 60.8 Å². The molecule has 0 heterocycles. The molecule has 0 spiro atoms. The summed E-state index contributed by atoms with van der Waals surface area (Å²) in [6.07, 6.45) is 54.9. The Morgan fingerprint density at radius 3 is 1.25 bits per heavy atom. The lowest BCUT2D eigenvalue weighted by atomic mass is 10.0. The summed E-state index contributed by atoms with van der Waals surface area (Å²) in [5.41, 5.74) is 0. The predicted octanol–water partition coefficient (Wildman–Crippen LogP) is 15.3. The Morgan fingerprint density at radius 2 is 0.754 bits per heavy atom. The molecule has 0 aromatic heterocycles. The van der Waals surface area contributed by atoms with E-state index >= 15 is 0 Å². The zero-order valence-corrected chi connectivity index (χ0v) is 37.3. The average Bonchev–Trinajstić information content (AvgIpc) is 3.21. The second-order valence-corrected chi connectivity index (χ2v) is 15.7. The fraction of sp³-hybridized carbons (Fsp3) is 0.745. The maximum atomic E-state index is 12.7. The third kappa shape index (κ3) is 44.1. The first-order valence-electron chi connectivity index (χ1n) is 23.8. The molecule has 0 aliphatic rings. The molecule has 0 fully saturated rings. The van der Waals surface area contributed by atoms with E-state index in [4.69, 9.17) is 14.2 Å². The van der Waals surface area contributed by atoms with Crippen molar-refractivity contribution >= 4 is 17.9 Å². The third-order valence-electron chi connectivity index (χ3n) is 10.0. The highest BCUT2D eigenvalue weighted by atomic mass is 16.6. The quantitative estimate of drug-likeness (QED) is 0.0201.